The molecule has 0 unspecified atom stereocenters. The Balaban J connectivity index is 2.47. The van der Waals surface area contributed by atoms with Gasteiger partial charge in [-0.2, -0.15) is 0 Å². The lowest BCUT2D eigenvalue weighted by Crippen LogP contribution is -2.19. The summed E-state index contributed by atoms with van der Waals surface area (Å²) in [5.74, 6) is 0. The van der Waals surface area contributed by atoms with Crippen molar-refractivity contribution in [3.05, 3.63) is 57.5 Å². The average molecular weight is 418 g/mol. The Morgan fingerprint density at radius 3 is 1.60 bits per heavy atom. The number of aliphatic hydroxyl groups is 1. The van der Waals surface area contributed by atoms with Gasteiger partial charge < -0.3 is 9.67 Å². The fourth-order valence-electron chi connectivity index (χ4n) is 2.06. The van der Waals surface area contributed by atoms with Gasteiger partial charge in [0.15, 0.2) is 0 Å². The first kappa shape index (κ1) is 16.0. The third kappa shape index (κ3) is 3.62. The molecule has 2 aromatic carbocycles. The lowest BCUT2D eigenvalue weighted by molar-refractivity contribution is 0.295. The summed E-state index contributed by atoms with van der Waals surface area (Å²) in [4.78, 5) is 0. The zero-order valence-electron chi connectivity index (χ0n) is 10.8. The Hall–Kier alpha value is -0.410. The molecule has 2 rings (SSSR count). The van der Waals surface area contributed by atoms with Gasteiger partial charge in [0.05, 0.1) is 0 Å². The summed E-state index contributed by atoms with van der Waals surface area (Å²) in [6.45, 7) is 0.0526. The van der Waals surface area contributed by atoms with Gasteiger partial charge in [-0.25, -0.2) is 0 Å². The molecule has 0 spiro atoms. The lowest BCUT2D eigenvalue weighted by atomic mass is 10.4. The fourth-order valence-corrected chi connectivity index (χ4v) is 5.26. The van der Waals surface area contributed by atoms with Crippen LogP contribution in [-0.2, 0) is 4.57 Å². The van der Waals surface area contributed by atoms with Crippen molar-refractivity contribution in [2.45, 2.75) is 6.42 Å². The first-order valence-corrected chi connectivity index (χ1v) is 9.76. The van der Waals surface area contributed by atoms with E-state index in [1.165, 1.54) is 0 Å². The van der Waals surface area contributed by atoms with E-state index in [-0.39, 0.29) is 6.61 Å². The number of benzene rings is 2. The van der Waals surface area contributed by atoms with E-state index in [0.29, 0.717) is 12.6 Å². The normalized spacial score (nSPS) is 11.6. The van der Waals surface area contributed by atoms with E-state index in [9.17, 15) is 4.57 Å². The van der Waals surface area contributed by atoms with Crippen molar-refractivity contribution in [2.75, 3.05) is 12.8 Å². The van der Waals surface area contributed by atoms with Gasteiger partial charge in [0.2, 0.25) is 0 Å². The average Bonchev–Trinajstić information content (AvgIpc) is 2.46. The molecular formula is C15H15Br2O2P. The second kappa shape index (κ2) is 7.04. The largest absolute Gasteiger partial charge is 0.396 e. The molecule has 2 aromatic rings. The van der Waals surface area contributed by atoms with E-state index >= 15 is 0 Å². The Bertz CT molecular complexity index is 559. The molecule has 0 saturated carbocycles. The minimum absolute atomic E-state index is 0.0526. The van der Waals surface area contributed by atoms with Gasteiger partial charge in [-0.3, -0.25) is 0 Å². The Kier molecular flexibility index (Phi) is 5.62. The highest BCUT2D eigenvalue weighted by Gasteiger charge is 2.26. The lowest BCUT2D eigenvalue weighted by Gasteiger charge is -2.19. The van der Waals surface area contributed by atoms with Crippen molar-refractivity contribution in [1.82, 2.24) is 0 Å². The highest BCUT2D eigenvalue weighted by atomic mass is 79.9. The predicted octanol–water partition coefficient (Wildman–Crippen LogP) is 3.91. The van der Waals surface area contributed by atoms with E-state index in [1.807, 2.05) is 48.5 Å². The summed E-state index contributed by atoms with van der Waals surface area (Å²) in [6.07, 6.45) is 1.01. The molecule has 0 saturated heterocycles. The summed E-state index contributed by atoms with van der Waals surface area (Å²) >= 11 is 6.79. The van der Waals surface area contributed by atoms with E-state index in [4.69, 9.17) is 5.11 Å². The van der Waals surface area contributed by atoms with Crippen LogP contribution in [0.2, 0.25) is 0 Å². The molecule has 0 heterocycles. The molecule has 0 radical (unpaired) electrons. The molecule has 0 amide bonds. The molecule has 20 heavy (non-hydrogen) atoms. The van der Waals surface area contributed by atoms with Crippen LogP contribution in [0.3, 0.4) is 0 Å². The van der Waals surface area contributed by atoms with Gasteiger partial charge in [-0.15, -0.1) is 0 Å². The first-order valence-electron chi connectivity index (χ1n) is 6.28. The molecule has 0 aromatic heterocycles. The minimum Gasteiger partial charge on any atom is -0.396 e. The summed E-state index contributed by atoms with van der Waals surface area (Å²) in [7, 11) is -2.68. The van der Waals surface area contributed by atoms with Crippen molar-refractivity contribution >= 4 is 49.6 Å². The summed E-state index contributed by atoms with van der Waals surface area (Å²) in [6, 6.07) is 15.2. The standard InChI is InChI=1S/C15H15Br2O2P/c16-12-2-6-14(7-3-12)20(19,11-1-10-18)15-8-4-13(17)5-9-15/h2-9,18H,1,10-11H2. The van der Waals surface area contributed by atoms with Gasteiger partial charge in [-0.1, -0.05) is 56.1 Å². The topological polar surface area (TPSA) is 37.3 Å². The zero-order valence-corrected chi connectivity index (χ0v) is 14.9. The van der Waals surface area contributed by atoms with Gasteiger partial charge in [-0.05, 0) is 30.7 Å². The van der Waals surface area contributed by atoms with Crippen LogP contribution >= 0.6 is 39.0 Å². The zero-order chi connectivity index (χ0) is 14.6. The van der Waals surface area contributed by atoms with Crippen molar-refractivity contribution < 1.29 is 9.67 Å². The van der Waals surface area contributed by atoms with E-state index in [2.05, 4.69) is 31.9 Å². The second-order valence-electron chi connectivity index (χ2n) is 4.49. The van der Waals surface area contributed by atoms with E-state index in [0.717, 1.165) is 19.6 Å². The Labute approximate surface area is 135 Å². The molecule has 0 aliphatic heterocycles. The van der Waals surface area contributed by atoms with Gasteiger partial charge in [0.25, 0.3) is 0 Å². The van der Waals surface area contributed by atoms with Crippen LogP contribution in [0, 0.1) is 0 Å². The van der Waals surface area contributed by atoms with Crippen LogP contribution in [0.1, 0.15) is 6.42 Å². The highest BCUT2D eigenvalue weighted by Crippen LogP contribution is 2.44. The number of aliphatic hydroxyl groups excluding tert-OH is 1. The number of rotatable bonds is 5. The van der Waals surface area contributed by atoms with Gasteiger partial charge in [0, 0.05) is 32.3 Å². The van der Waals surface area contributed by atoms with Crippen LogP contribution in [0.5, 0.6) is 0 Å². The first-order chi connectivity index (χ1) is 9.56. The van der Waals surface area contributed by atoms with Crippen LogP contribution in [0.25, 0.3) is 0 Å². The number of hydrogen-bond acceptors (Lipinski definition) is 2. The maximum Gasteiger partial charge on any atom is 0.143 e. The third-order valence-electron chi connectivity index (χ3n) is 3.12. The van der Waals surface area contributed by atoms with Crippen LogP contribution in [0.4, 0.5) is 0 Å². The molecule has 0 fully saturated rings. The van der Waals surface area contributed by atoms with Gasteiger partial charge >= 0.3 is 0 Å². The molecule has 0 bridgehead atoms. The molecule has 2 nitrogen and oxygen atoms in total. The van der Waals surface area contributed by atoms with Crippen molar-refractivity contribution in [1.29, 1.82) is 0 Å². The molecular weight excluding hydrogens is 403 g/mol. The molecule has 5 heteroatoms. The molecule has 0 aliphatic carbocycles. The molecule has 0 aliphatic rings. The summed E-state index contributed by atoms with van der Waals surface area (Å²) in [5.41, 5.74) is 0. The van der Waals surface area contributed by atoms with Crippen molar-refractivity contribution in [2.24, 2.45) is 0 Å². The maximum atomic E-state index is 13.5. The molecule has 106 valence electrons. The van der Waals surface area contributed by atoms with E-state index in [1.54, 1.807) is 0 Å². The fraction of sp³-hybridized carbons (Fsp3) is 0.200. The Morgan fingerprint density at radius 2 is 1.25 bits per heavy atom. The van der Waals surface area contributed by atoms with Gasteiger partial charge in [0.1, 0.15) is 7.14 Å². The third-order valence-corrected chi connectivity index (χ3v) is 7.39. The quantitative estimate of drug-likeness (QED) is 0.749. The monoisotopic (exact) mass is 416 g/mol. The smallest absolute Gasteiger partial charge is 0.143 e. The predicted molar refractivity (Wildman–Crippen MR) is 91.7 cm³/mol. The maximum absolute atomic E-state index is 13.5. The van der Waals surface area contributed by atoms with Crippen LogP contribution in [-0.4, -0.2) is 17.9 Å². The molecule has 0 atom stereocenters. The van der Waals surface area contributed by atoms with Crippen LogP contribution < -0.4 is 10.6 Å². The van der Waals surface area contributed by atoms with Crippen molar-refractivity contribution in [3.63, 3.8) is 0 Å². The molecule has 1 N–H and O–H groups in total. The summed E-state index contributed by atoms with van der Waals surface area (Å²) < 4.78 is 15.4. The minimum atomic E-state index is -2.68. The second-order valence-corrected chi connectivity index (χ2v) is 9.28. The number of halogens is 2. The Morgan fingerprint density at radius 1 is 0.850 bits per heavy atom. The highest BCUT2D eigenvalue weighted by molar-refractivity contribution is 9.10. The number of hydrogen-bond donors (Lipinski definition) is 1. The SMILES string of the molecule is O=P(CCCO)(c1ccc(Br)cc1)c1ccc(Br)cc1. The summed E-state index contributed by atoms with van der Waals surface area (Å²) in [5, 5.41) is 10.7. The van der Waals surface area contributed by atoms with Crippen molar-refractivity contribution in [3.8, 4) is 0 Å². The van der Waals surface area contributed by atoms with E-state index < -0.39 is 7.14 Å². The van der Waals surface area contributed by atoms with Crippen LogP contribution in [0.15, 0.2) is 57.5 Å².